The van der Waals surface area contributed by atoms with Crippen LogP contribution < -0.4 is 10.6 Å². The van der Waals surface area contributed by atoms with E-state index in [-0.39, 0.29) is 36.2 Å². The lowest BCUT2D eigenvalue weighted by molar-refractivity contribution is -0.136. The van der Waals surface area contributed by atoms with Crippen molar-refractivity contribution in [2.75, 3.05) is 5.32 Å². The molecule has 1 unspecified atom stereocenters. The van der Waals surface area contributed by atoms with Crippen molar-refractivity contribution in [3.05, 3.63) is 47.9 Å². The molecule has 0 saturated carbocycles. The molecule has 0 radical (unpaired) electrons. The Labute approximate surface area is 185 Å². The topological polar surface area (TPSA) is 172 Å². The molecular weight excluding hydrogens is 432 g/mol. The highest BCUT2D eigenvalue weighted by atomic mass is 16.2. The average Bonchev–Trinajstić information content (AvgIpc) is 3.51. The van der Waals surface area contributed by atoms with Gasteiger partial charge in [0.15, 0.2) is 0 Å². The van der Waals surface area contributed by atoms with Crippen molar-refractivity contribution in [3.8, 4) is 11.3 Å². The van der Waals surface area contributed by atoms with Gasteiger partial charge in [0.05, 0.1) is 29.2 Å². The number of nitrogens with zero attached hydrogens (tertiary/aromatic N) is 5. The Morgan fingerprint density at radius 1 is 1.18 bits per heavy atom. The number of piperidine rings is 1. The highest BCUT2D eigenvalue weighted by Crippen LogP contribution is 2.32. The third kappa shape index (κ3) is 3.54. The van der Waals surface area contributed by atoms with E-state index >= 15 is 0 Å². The summed E-state index contributed by atoms with van der Waals surface area (Å²) in [5.41, 5.74) is 1.45. The maximum atomic E-state index is 13.1. The largest absolute Gasteiger partial charge is 0.324 e. The molecule has 3 N–H and O–H groups in total. The average molecular weight is 448 g/mol. The van der Waals surface area contributed by atoms with Crippen molar-refractivity contribution in [2.45, 2.75) is 25.4 Å². The lowest BCUT2D eigenvalue weighted by Crippen LogP contribution is -2.54. The predicted octanol–water partition coefficient (Wildman–Crippen LogP) is -0.292. The van der Waals surface area contributed by atoms with E-state index in [1.165, 1.54) is 22.9 Å². The number of aromatic amines is 1. The molecule has 3 aromatic rings. The van der Waals surface area contributed by atoms with Gasteiger partial charge in [-0.15, -0.1) is 5.10 Å². The lowest BCUT2D eigenvalue weighted by atomic mass is 10.0. The molecule has 166 valence electrons. The fourth-order valence-electron chi connectivity index (χ4n) is 3.85. The molecule has 5 amide bonds. The first-order valence-electron chi connectivity index (χ1n) is 9.96. The Kier molecular flexibility index (Phi) is 4.77. The summed E-state index contributed by atoms with van der Waals surface area (Å²) in [6.45, 7) is -0.187. The summed E-state index contributed by atoms with van der Waals surface area (Å²) in [6.07, 6.45) is 4.84. The summed E-state index contributed by atoms with van der Waals surface area (Å²) >= 11 is 0. The van der Waals surface area contributed by atoms with Gasteiger partial charge in [-0.3, -0.25) is 39.3 Å². The Balaban J connectivity index is 1.34. The molecule has 1 fully saturated rings. The molecule has 2 aliphatic rings. The molecule has 0 bridgehead atoms. The maximum absolute atomic E-state index is 13.1. The smallest absolute Gasteiger partial charge is 0.264 e. The van der Waals surface area contributed by atoms with Crippen LogP contribution in [0.15, 0.2) is 36.8 Å². The summed E-state index contributed by atoms with van der Waals surface area (Å²) in [5.74, 6) is -3.01. The second kappa shape index (κ2) is 7.78. The SMILES string of the molecule is O=C1CCC(N2C(=O)c3cccc(NC(=O)Cn4cc(-c5cn[nH]c5)nn4)c3C2=O)C(=O)N1. The van der Waals surface area contributed by atoms with Gasteiger partial charge in [-0.1, -0.05) is 11.3 Å². The molecular formula is C20H16N8O5. The number of amides is 5. The quantitative estimate of drug-likeness (QED) is 0.447. The Morgan fingerprint density at radius 2 is 2.03 bits per heavy atom. The number of fused-ring (bicyclic) bond motifs is 1. The normalized spacial score (nSPS) is 17.8. The summed E-state index contributed by atoms with van der Waals surface area (Å²) in [6, 6.07) is 3.38. The molecule has 1 aromatic carbocycles. The predicted molar refractivity (Wildman–Crippen MR) is 109 cm³/mol. The molecule has 2 aliphatic heterocycles. The van der Waals surface area contributed by atoms with Crippen molar-refractivity contribution in [2.24, 2.45) is 0 Å². The van der Waals surface area contributed by atoms with E-state index in [0.29, 0.717) is 11.3 Å². The van der Waals surface area contributed by atoms with Crippen molar-refractivity contribution in [1.29, 1.82) is 0 Å². The van der Waals surface area contributed by atoms with Crippen LogP contribution in [0, 0.1) is 0 Å². The van der Waals surface area contributed by atoms with Crippen molar-refractivity contribution >= 4 is 35.2 Å². The van der Waals surface area contributed by atoms with E-state index in [0.717, 1.165) is 4.90 Å². The van der Waals surface area contributed by atoms with E-state index in [1.807, 2.05) is 0 Å². The van der Waals surface area contributed by atoms with Crippen LogP contribution in [0.4, 0.5) is 5.69 Å². The van der Waals surface area contributed by atoms with Gasteiger partial charge in [0.1, 0.15) is 18.3 Å². The molecule has 0 spiro atoms. The van der Waals surface area contributed by atoms with E-state index in [2.05, 4.69) is 31.1 Å². The Morgan fingerprint density at radius 3 is 2.79 bits per heavy atom. The summed E-state index contributed by atoms with van der Waals surface area (Å²) in [5, 5.41) is 19.2. The minimum absolute atomic E-state index is 0.00164. The van der Waals surface area contributed by atoms with Gasteiger partial charge in [0, 0.05) is 18.2 Å². The molecule has 2 aromatic heterocycles. The summed E-state index contributed by atoms with van der Waals surface area (Å²) in [4.78, 5) is 63.1. The summed E-state index contributed by atoms with van der Waals surface area (Å²) < 4.78 is 1.32. The zero-order valence-corrected chi connectivity index (χ0v) is 16.9. The summed E-state index contributed by atoms with van der Waals surface area (Å²) in [7, 11) is 0. The first-order valence-corrected chi connectivity index (χ1v) is 9.96. The second-order valence-electron chi connectivity index (χ2n) is 7.51. The van der Waals surface area contributed by atoms with Gasteiger partial charge >= 0.3 is 0 Å². The number of H-pyrrole nitrogens is 1. The molecule has 13 heteroatoms. The number of carbonyl (C=O) groups is 5. The fourth-order valence-corrected chi connectivity index (χ4v) is 3.85. The lowest BCUT2D eigenvalue weighted by Gasteiger charge is -2.27. The van der Waals surface area contributed by atoms with Crippen LogP contribution in [0.1, 0.15) is 33.6 Å². The molecule has 5 rings (SSSR count). The van der Waals surface area contributed by atoms with Crippen molar-refractivity contribution in [3.63, 3.8) is 0 Å². The van der Waals surface area contributed by atoms with Crippen molar-refractivity contribution < 1.29 is 24.0 Å². The number of rotatable bonds is 5. The Bertz CT molecular complexity index is 1310. The molecule has 0 aliphatic carbocycles. The highest BCUT2D eigenvalue weighted by Gasteiger charge is 2.45. The van der Waals surface area contributed by atoms with Crippen LogP contribution in [0.3, 0.4) is 0 Å². The number of hydrogen-bond acceptors (Lipinski definition) is 8. The number of carbonyl (C=O) groups excluding carboxylic acids is 5. The van der Waals surface area contributed by atoms with Crippen LogP contribution >= 0.6 is 0 Å². The molecule has 4 heterocycles. The fraction of sp³-hybridized carbons (Fsp3) is 0.200. The van der Waals surface area contributed by atoms with Gasteiger partial charge in [-0.25, -0.2) is 4.68 Å². The zero-order chi connectivity index (χ0) is 23.1. The number of nitrogens with one attached hydrogen (secondary N) is 3. The molecule has 1 atom stereocenters. The van der Waals surface area contributed by atoms with Crippen LogP contribution in [-0.4, -0.2) is 65.7 Å². The van der Waals surface area contributed by atoms with E-state index < -0.39 is 35.6 Å². The third-order valence-electron chi connectivity index (χ3n) is 5.38. The minimum atomic E-state index is -1.09. The van der Waals surface area contributed by atoms with Crippen LogP contribution in [0.5, 0.6) is 0 Å². The van der Waals surface area contributed by atoms with E-state index in [4.69, 9.17) is 0 Å². The first-order chi connectivity index (χ1) is 15.9. The van der Waals surface area contributed by atoms with Gasteiger partial charge in [-0.05, 0) is 18.6 Å². The minimum Gasteiger partial charge on any atom is -0.324 e. The molecule has 1 saturated heterocycles. The monoisotopic (exact) mass is 448 g/mol. The van der Waals surface area contributed by atoms with Crippen LogP contribution in [0.2, 0.25) is 0 Å². The number of aromatic nitrogens is 5. The van der Waals surface area contributed by atoms with Gasteiger partial charge < -0.3 is 5.32 Å². The van der Waals surface area contributed by atoms with Gasteiger partial charge in [0.25, 0.3) is 11.8 Å². The number of imide groups is 2. The van der Waals surface area contributed by atoms with Crippen LogP contribution in [-0.2, 0) is 20.9 Å². The number of anilines is 1. The van der Waals surface area contributed by atoms with Gasteiger partial charge in [0.2, 0.25) is 17.7 Å². The van der Waals surface area contributed by atoms with E-state index in [1.54, 1.807) is 18.6 Å². The Hall–Kier alpha value is -4.68. The maximum Gasteiger partial charge on any atom is 0.264 e. The zero-order valence-electron chi connectivity index (χ0n) is 16.9. The number of benzene rings is 1. The third-order valence-corrected chi connectivity index (χ3v) is 5.38. The molecule has 33 heavy (non-hydrogen) atoms. The van der Waals surface area contributed by atoms with E-state index in [9.17, 15) is 24.0 Å². The number of hydrogen-bond donors (Lipinski definition) is 3. The standard InChI is InChI=1S/C20H16N8O5/c29-15-5-4-14(18(31)24-15)28-19(32)11-2-1-3-12(17(11)20(28)33)23-16(30)9-27-8-13(25-26-27)10-6-21-22-7-10/h1-3,6-8,14H,4-5,9H2,(H,21,22)(H,23,30)(H,24,29,31). The van der Waals surface area contributed by atoms with Gasteiger partial charge in [-0.2, -0.15) is 5.10 Å². The first kappa shape index (κ1) is 20.2. The van der Waals surface area contributed by atoms with Crippen molar-refractivity contribution in [1.82, 2.24) is 35.4 Å². The molecule has 13 nitrogen and oxygen atoms in total. The second-order valence-corrected chi connectivity index (χ2v) is 7.51. The highest BCUT2D eigenvalue weighted by molar-refractivity contribution is 6.26. The van der Waals surface area contributed by atoms with Crippen LogP contribution in [0.25, 0.3) is 11.3 Å².